The molecule has 2 heterocycles. The second-order valence-electron chi connectivity index (χ2n) is 12.0. The summed E-state index contributed by atoms with van der Waals surface area (Å²) in [5.41, 5.74) is -0.329. The number of hydrogen-bond donors (Lipinski definition) is 1. The number of alkyl halides is 9. The topological polar surface area (TPSA) is 102 Å². The minimum atomic E-state index is -5.13. The van der Waals surface area contributed by atoms with Gasteiger partial charge < -0.3 is 15.4 Å². The zero-order valence-corrected chi connectivity index (χ0v) is 25.7. The van der Waals surface area contributed by atoms with E-state index < -0.39 is 65.1 Å². The summed E-state index contributed by atoms with van der Waals surface area (Å²) in [6.07, 6.45) is -15.8. The molecule has 0 saturated carbocycles. The quantitative estimate of drug-likeness (QED) is 0.273. The second-order valence-corrected chi connectivity index (χ2v) is 12.0. The maximum atomic E-state index is 14.1. The minimum absolute atomic E-state index is 0.00863. The van der Waals surface area contributed by atoms with E-state index >= 15 is 0 Å². The van der Waals surface area contributed by atoms with Crippen LogP contribution in [0.25, 0.3) is 0 Å². The van der Waals surface area contributed by atoms with Crippen molar-refractivity contribution in [3.63, 3.8) is 0 Å². The van der Waals surface area contributed by atoms with Crippen LogP contribution in [0.1, 0.15) is 73.0 Å². The summed E-state index contributed by atoms with van der Waals surface area (Å²) in [4.78, 5) is 16.7. The number of aryl methyl sites for hydroxylation is 1. The molecule has 0 unspecified atom stereocenters. The Kier molecular flexibility index (Phi) is 9.77. The molecule has 1 aromatic heterocycles. The molecule has 258 valence electrons. The van der Waals surface area contributed by atoms with Crippen LogP contribution in [-0.2, 0) is 36.4 Å². The number of nitrogens with two attached hydrogens (primary N) is 1. The van der Waals surface area contributed by atoms with E-state index in [4.69, 9.17) is 10.5 Å². The Hall–Kier alpha value is -4.09. The zero-order valence-electron chi connectivity index (χ0n) is 25.7. The Morgan fingerprint density at radius 3 is 2.11 bits per heavy atom. The van der Waals surface area contributed by atoms with Gasteiger partial charge in [-0.1, -0.05) is 11.2 Å². The number of aromatic nitrogens is 4. The van der Waals surface area contributed by atoms with Gasteiger partial charge in [0.1, 0.15) is 5.60 Å². The molecule has 2 N–H and O–H groups in total. The fraction of sp³-hybridized carbons (Fsp3) is 0.517. The average molecular weight is 682 g/mol. The zero-order chi connectivity index (χ0) is 35.1. The van der Waals surface area contributed by atoms with Crippen molar-refractivity contribution in [2.75, 3.05) is 22.9 Å². The van der Waals surface area contributed by atoms with Crippen molar-refractivity contribution < 1.29 is 49.0 Å². The van der Waals surface area contributed by atoms with Gasteiger partial charge in [0.25, 0.3) is 5.95 Å². The standard InChI is InChI=1S/C29H32F9N7O2/c1-16-10-20-22(6-5-8-43(25(46)47-26(2,3)4)23(20)14-21(16)29(36,37)38)44(24-40-42-45(41-24)9-7-39)15-17-11-18(27(30,31)32)13-19(12-17)28(33,34)35/h10-14,22H,5-9,15,39H2,1-4H3/t22-/m0/s1. The summed E-state index contributed by atoms with van der Waals surface area (Å²) < 4.78 is 130. The first-order valence-corrected chi connectivity index (χ1v) is 14.3. The van der Waals surface area contributed by atoms with Crippen molar-refractivity contribution in [1.29, 1.82) is 0 Å². The van der Waals surface area contributed by atoms with Crippen LogP contribution < -0.4 is 15.5 Å². The lowest BCUT2D eigenvalue weighted by molar-refractivity contribution is -0.143. The summed E-state index contributed by atoms with van der Waals surface area (Å²) >= 11 is 0. The SMILES string of the molecule is Cc1cc2c(cc1C(F)(F)F)N(C(=O)OC(C)(C)C)CCC[C@@H]2N(Cc1cc(C(F)(F)F)cc(C(F)(F)F)c1)c1nnn(CCN)n1. The molecule has 18 heteroatoms. The molecule has 0 saturated heterocycles. The number of amides is 1. The monoisotopic (exact) mass is 681 g/mol. The molecule has 1 amide bonds. The van der Waals surface area contributed by atoms with Crippen LogP contribution in [0.2, 0.25) is 0 Å². The maximum absolute atomic E-state index is 14.1. The molecule has 0 radical (unpaired) electrons. The summed E-state index contributed by atoms with van der Waals surface area (Å²) in [5.74, 6) is -0.233. The van der Waals surface area contributed by atoms with Crippen LogP contribution in [0.4, 0.5) is 55.9 Å². The lowest BCUT2D eigenvalue weighted by Gasteiger charge is -2.33. The van der Waals surface area contributed by atoms with Gasteiger partial charge in [-0.25, -0.2) is 4.79 Å². The number of fused-ring (bicyclic) bond motifs is 1. The first-order valence-electron chi connectivity index (χ1n) is 14.3. The van der Waals surface area contributed by atoms with Crippen molar-refractivity contribution in [2.45, 2.75) is 83.8 Å². The van der Waals surface area contributed by atoms with Crippen molar-refractivity contribution >= 4 is 17.7 Å². The van der Waals surface area contributed by atoms with Gasteiger partial charge in [-0.3, -0.25) is 4.90 Å². The van der Waals surface area contributed by atoms with E-state index in [-0.39, 0.29) is 61.3 Å². The number of carbonyl (C=O) groups excluding carboxylic acids is 1. The number of tetrazole rings is 1. The largest absolute Gasteiger partial charge is 0.443 e. The smallest absolute Gasteiger partial charge is 0.416 e. The van der Waals surface area contributed by atoms with Crippen molar-refractivity contribution in [2.24, 2.45) is 5.73 Å². The molecule has 1 aliphatic heterocycles. The van der Waals surface area contributed by atoms with Crippen molar-refractivity contribution in [3.8, 4) is 0 Å². The van der Waals surface area contributed by atoms with E-state index in [2.05, 4.69) is 15.4 Å². The predicted molar refractivity (Wildman–Crippen MR) is 151 cm³/mol. The third-order valence-corrected chi connectivity index (χ3v) is 7.21. The molecule has 1 aliphatic rings. The number of carbonyl (C=O) groups is 1. The fourth-order valence-corrected chi connectivity index (χ4v) is 5.26. The summed E-state index contributed by atoms with van der Waals surface area (Å²) in [7, 11) is 0. The number of benzene rings is 2. The molecule has 2 aromatic carbocycles. The molecule has 47 heavy (non-hydrogen) atoms. The Balaban J connectivity index is 1.94. The van der Waals surface area contributed by atoms with E-state index in [0.717, 1.165) is 15.8 Å². The molecule has 4 rings (SSSR count). The lowest BCUT2D eigenvalue weighted by atomic mass is 9.94. The second kappa shape index (κ2) is 12.8. The van der Waals surface area contributed by atoms with Crippen molar-refractivity contribution in [1.82, 2.24) is 20.2 Å². The van der Waals surface area contributed by atoms with Gasteiger partial charge in [0.05, 0.1) is 35.0 Å². The number of rotatable bonds is 6. The van der Waals surface area contributed by atoms with Gasteiger partial charge in [-0.2, -0.15) is 44.3 Å². The number of hydrogen-bond acceptors (Lipinski definition) is 7. The fourth-order valence-electron chi connectivity index (χ4n) is 5.26. The van der Waals surface area contributed by atoms with E-state index in [1.807, 2.05) is 0 Å². The van der Waals surface area contributed by atoms with Crippen LogP contribution >= 0.6 is 0 Å². The average Bonchev–Trinajstić information content (AvgIpc) is 3.30. The highest BCUT2D eigenvalue weighted by Gasteiger charge is 2.40. The van der Waals surface area contributed by atoms with Gasteiger partial charge in [-0.05, 0) is 86.7 Å². The molecular formula is C29H32F9N7O2. The van der Waals surface area contributed by atoms with Gasteiger partial charge in [0.15, 0.2) is 0 Å². The third kappa shape index (κ3) is 8.44. The minimum Gasteiger partial charge on any atom is -0.443 e. The molecule has 0 spiro atoms. The first kappa shape index (κ1) is 35.8. The molecule has 3 aromatic rings. The van der Waals surface area contributed by atoms with Crippen LogP contribution in [0.15, 0.2) is 30.3 Å². The maximum Gasteiger partial charge on any atom is 0.416 e. The van der Waals surface area contributed by atoms with Crippen LogP contribution in [0.3, 0.4) is 0 Å². The van der Waals surface area contributed by atoms with Gasteiger partial charge in [0.2, 0.25) is 0 Å². The van der Waals surface area contributed by atoms with Crippen molar-refractivity contribution in [3.05, 3.63) is 63.7 Å². The van der Waals surface area contributed by atoms with E-state index in [9.17, 15) is 44.3 Å². The van der Waals surface area contributed by atoms with E-state index in [0.29, 0.717) is 12.1 Å². The third-order valence-electron chi connectivity index (χ3n) is 7.21. The lowest BCUT2D eigenvalue weighted by Crippen LogP contribution is -2.37. The van der Waals surface area contributed by atoms with Crippen LogP contribution in [-0.4, -0.2) is 45.0 Å². The van der Waals surface area contributed by atoms with Crippen LogP contribution in [0.5, 0.6) is 0 Å². The highest BCUT2D eigenvalue weighted by atomic mass is 19.4. The van der Waals surface area contributed by atoms with Gasteiger partial charge >= 0.3 is 24.6 Å². The number of halogens is 9. The Labute approximate surface area is 263 Å². The Morgan fingerprint density at radius 1 is 0.957 bits per heavy atom. The summed E-state index contributed by atoms with van der Waals surface area (Å²) in [6, 6.07) is 2.03. The first-order chi connectivity index (χ1) is 21.6. The van der Waals surface area contributed by atoms with E-state index in [1.165, 1.54) is 17.9 Å². The molecule has 0 aliphatic carbocycles. The van der Waals surface area contributed by atoms with Gasteiger partial charge in [0, 0.05) is 19.6 Å². The molecule has 0 bridgehead atoms. The highest BCUT2D eigenvalue weighted by Crippen LogP contribution is 2.44. The molecule has 0 fully saturated rings. The highest BCUT2D eigenvalue weighted by molar-refractivity contribution is 5.90. The normalized spacial score (nSPS) is 16.1. The van der Waals surface area contributed by atoms with Crippen LogP contribution in [0, 0.1) is 6.92 Å². The van der Waals surface area contributed by atoms with E-state index in [1.54, 1.807) is 20.8 Å². The summed E-state index contributed by atoms with van der Waals surface area (Å²) in [5, 5.41) is 12.0. The summed E-state index contributed by atoms with van der Waals surface area (Å²) in [6.45, 7) is 5.30. The Morgan fingerprint density at radius 2 is 1.57 bits per heavy atom. The predicted octanol–water partition coefficient (Wildman–Crippen LogP) is 7.28. The molecule has 1 atom stereocenters. The number of nitrogens with zero attached hydrogens (tertiary/aromatic N) is 6. The van der Waals surface area contributed by atoms with Gasteiger partial charge in [-0.15, -0.1) is 5.10 Å². The molecular weight excluding hydrogens is 649 g/mol. The molecule has 9 nitrogen and oxygen atoms in total. The number of ether oxygens (including phenoxy) is 1. The number of anilines is 2. The Bertz CT molecular complexity index is 1560.